The number of imide groups is 1. The van der Waals surface area contributed by atoms with Crippen molar-refractivity contribution in [3.8, 4) is 0 Å². The Kier molecular flexibility index (Phi) is 4.91. The molecule has 0 aromatic heterocycles. The third-order valence-electron chi connectivity index (χ3n) is 3.35. The minimum absolute atomic E-state index is 0. The zero-order chi connectivity index (χ0) is 13.5. The molecule has 0 spiro atoms. The second-order valence-corrected chi connectivity index (χ2v) is 4.96. The number of anilines is 1. The van der Waals surface area contributed by atoms with Gasteiger partial charge < -0.3 is 4.90 Å². The maximum atomic E-state index is 12.3. The molecule has 5 heteroatoms. The van der Waals surface area contributed by atoms with Gasteiger partial charge in [0.2, 0.25) is 5.91 Å². The normalized spacial score (nSPS) is 17.7. The standard InChI is InChI=1S/C14H17N2O2.Y/c1-5-15-13(18)16(12(17)14(15,3)4)11-8-6-10(2)7-9-11;/h6,8-9H,5H2,1-4H3;/q-1;. The zero-order valence-corrected chi connectivity index (χ0v) is 14.6. The third-order valence-corrected chi connectivity index (χ3v) is 3.35. The summed E-state index contributed by atoms with van der Waals surface area (Å²) in [6.07, 6.45) is 0. The van der Waals surface area contributed by atoms with E-state index in [1.165, 1.54) is 4.90 Å². The number of carbonyl (C=O) groups is 2. The molecule has 4 nitrogen and oxygen atoms in total. The van der Waals surface area contributed by atoms with Crippen molar-refractivity contribution in [1.29, 1.82) is 0 Å². The Morgan fingerprint density at radius 1 is 1.26 bits per heavy atom. The summed E-state index contributed by atoms with van der Waals surface area (Å²) >= 11 is 0. The average molecular weight is 334 g/mol. The summed E-state index contributed by atoms with van der Waals surface area (Å²) in [6.45, 7) is 7.85. The number of benzene rings is 1. The van der Waals surface area contributed by atoms with Crippen LogP contribution in [-0.2, 0) is 37.5 Å². The van der Waals surface area contributed by atoms with Gasteiger partial charge in [-0.3, -0.25) is 9.69 Å². The summed E-state index contributed by atoms with van der Waals surface area (Å²) < 4.78 is 0. The number of rotatable bonds is 2. The minimum Gasteiger partial charge on any atom is -0.311 e. The van der Waals surface area contributed by atoms with E-state index in [0.717, 1.165) is 5.56 Å². The molecular weight excluding hydrogens is 317 g/mol. The monoisotopic (exact) mass is 334 g/mol. The van der Waals surface area contributed by atoms with E-state index in [1.54, 1.807) is 30.9 Å². The summed E-state index contributed by atoms with van der Waals surface area (Å²) in [5.74, 6) is -0.188. The third kappa shape index (κ3) is 2.61. The van der Waals surface area contributed by atoms with Crippen molar-refractivity contribution >= 4 is 17.6 Å². The Morgan fingerprint density at radius 2 is 1.89 bits per heavy atom. The molecule has 1 fully saturated rings. The molecule has 0 unspecified atom stereocenters. The van der Waals surface area contributed by atoms with Crippen molar-refractivity contribution in [3.05, 3.63) is 29.8 Å². The zero-order valence-electron chi connectivity index (χ0n) is 11.7. The summed E-state index contributed by atoms with van der Waals surface area (Å²) in [5, 5.41) is 0. The van der Waals surface area contributed by atoms with E-state index >= 15 is 0 Å². The largest absolute Gasteiger partial charge is 0.320 e. The second kappa shape index (κ2) is 5.72. The van der Waals surface area contributed by atoms with Crippen LogP contribution in [0, 0.1) is 13.0 Å². The van der Waals surface area contributed by atoms with E-state index in [2.05, 4.69) is 6.07 Å². The van der Waals surface area contributed by atoms with Crippen molar-refractivity contribution in [2.75, 3.05) is 11.4 Å². The number of hydrogen-bond donors (Lipinski definition) is 0. The van der Waals surface area contributed by atoms with Crippen LogP contribution in [0.25, 0.3) is 0 Å². The molecule has 19 heavy (non-hydrogen) atoms. The molecule has 1 aliphatic heterocycles. The Balaban J connectivity index is 0.00000180. The fraction of sp³-hybridized carbons (Fsp3) is 0.429. The van der Waals surface area contributed by atoms with E-state index < -0.39 is 5.54 Å². The fourth-order valence-electron chi connectivity index (χ4n) is 2.23. The number of carbonyl (C=O) groups excluding carboxylic acids is 2. The van der Waals surface area contributed by atoms with Crippen LogP contribution >= 0.6 is 0 Å². The van der Waals surface area contributed by atoms with Gasteiger partial charge in [0.1, 0.15) is 5.54 Å². The molecular formula is C14H17N2O2Y-. The number of nitrogens with zero attached hydrogens (tertiary/aromatic N) is 2. The topological polar surface area (TPSA) is 40.6 Å². The van der Waals surface area contributed by atoms with Gasteiger partial charge in [-0.2, -0.15) is 23.8 Å². The van der Waals surface area contributed by atoms with Crippen LogP contribution in [0.4, 0.5) is 10.5 Å². The first kappa shape index (κ1) is 16.3. The minimum atomic E-state index is -0.781. The summed E-state index contributed by atoms with van der Waals surface area (Å²) in [4.78, 5) is 27.4. The van der Waals surface area contributed by atoms with Crippen LogP contribution in [0.15, 0.2) is 18.2 Å². The average Bonchev–Trinajstić information content (AvgIpc) is 2.48. The molecule has 99 valence electrons. The maximum absolute atomic E-state index is 12.3. The van der Waals surface area contributed by atoms with Crippen molar-refractivity contribution in [2.45, 2.75) is 33.2 Å². The molecule has 3 amide bonds. The van der Waals surface area contributed by atoms with Gasteiger partial charge in [0, 0.05) is 39.3 Å². The van der Waals surface area contributed by atoms with Crippen LogP contribution in [-0.4, -0.2) is 28.9 Å². The molecule has 0 bridgehead atoms. The van der Waals surface area contributed by atoms with E-state index in [1.807, 2.05) is 19.9 Å². The molecule has 1 heterocycles. The molecule has 1 aromatic carbocycles. The molecule has 0 atom stereocenters. The number of urea groups is 1. The number of hydrogen-bond acceptors (Lipinski definition) is 2. The Morgan fingerprint density at radius 3 is 2.32 bits per heavy atom. The van der Waals surface area contributed by atoms with Crippen LogP contribution in [0.5, 0.6) is 0 Å². The molecule has 0 N–H and O–H groups in total. The van der Waals surface area contributed by atoms with E-state index in [4.69, 9.17) is 0 Å². The van der Waals surface area contributed by atoms with Gasteiger partial charge in [-0.15, -0.1) is 6.07 Å². The van der Waals surface area contributed by atoms with Crippen LogP contribution in [0.2, 0.25) is 0 Å². The van der Waals surface area contributed by atoms with Gasteiger partial charge >= 0.3 is 6.03 Å². The number of aryl methyl sites for hydroxylation is 1. The molecule has 0 saturated carbocycles. The van der Waals surface area contributed by atoms with Gasteiger partial charge in [-0.25, -0.2) is 4.79 Å². The summed E-state index contributed by atoms with van der Waals surface area (Å²) in [5.41, 5.74) is 0.778. The van der Waals surface area contributed by atoms with E-state index in [0.29, 0.717) is 12.2 Å². The van der Waals surface area contributed by atoms with Crippen LogP contribution in [0.3, 0.4) is 0 Å². The predicted octanol–water partition coefficient (Wildman–Crippen LogP) is 2.36. The van der Waals surface area contributed by atoms with Gasteiger partial charge in [0.15, 0.2) is 0 Å². The van der Waals surface area contributed by atoms with Crippen molar-refractivity contribution < 1.29 is 42.3 Å². The molecule has 1 radical (unpaired) electrons. The quantitative estimate of drug-likeness (QED) is 0.615. The first-order chi connectivity index (χ1) is 8.39. The Labute approximate surface area is 139 Å². The van der Waals surface area contributed by atoms with Crippen molar-refractivity contribution in [2.24, 2.45) is 0 Å². The van der Waals surface area contributed by atoms with E-state index in [9.17, 15) is 9.59 Å². The summed E-state index contributed by atoms with van der Waals surface area (Å²) in [7, 11) is 0. The SMILES string of the molecule is CCN1C(=O)N(c2c[c-]c(C)cc2)C(=O)C1(C)C.[Y]. The fourth-order valence-corrected chi connectivity index (χ4v) is 2.23. The van der Waals surface area contributed by atoms with Gasteiger partial charge in [-0.1, -0.05) is 12.6 Å². The number of amides is 3. The smallest absolute Gasteiger partial charge is 0.311 e. The molecule has 1 saturated heterocycles. The first-order valence-electron chi connectivity index (χ1n) is 6.04. The predicted molar refractivity (Wildman–Crippen MR) is 69.4 cm³/mol. The Bertz CT molecular complexity index is 497. The first-order valence-corrected chi connectivity index (χ1v) is 6.04. The maximum Gasteiger partial charge on any atom is 0.320 e. The summed E-state index contributed by atoms with van der Waals surface area (Å²) in [6, 6.07) is 8.05. The number of likely N-dealkylation sites (N-methyl/N-ethyl adjacent to an activating group) is 1. The second-order valence-electron chi connectivity index (χ2n) is 4.96. The van der Waals surface area contributed by atoms with E-state index in [-0.39, 0.29) is 44.6 Å². The molecule has 1 aliphatic rings. The molecule has 1 aromatic rings. The van der Waals surface area contributed by atoms with Gasteiger partial charge in [0.25, 0.3) is 0 Å². The van der Waals surface area contributed by atoms with Gasteiger partial charge in [0.05, 0.1) is 0 Å². The van der Waals surface area contributed by atoms with Crippen molar-refractivity contribution in [3.63, 3.8) is 0 Å². The van der Waals surface area contributed by atoms with Crippen LogP contribution < -0.4 is 4.90 Å². The molecule has 0 aliphatic carbocycles. The van der Waals surface area contributed by atoms with Crippen molar-refractivity contribution in [1.82, 2.24) is 4.90 Å². The Hall–Kier alpha value is -0.736. The van der Waals surface area contributed by atoms with Crippen LogP contribution in [0.1, 0.15) is 26.3 Å². The molecule has 2 rings (SSSR count). The van der Waals surface area contributed by atoms with Gasteiger partial charge in [-0.05, 0) is 20.8 Å².